The highest BCUT2D eigenvalue weighted by Crippen LogP contribution is 2.24. The Morgan fingerprint density at radius 2 is 2.12 bits per heavy atom. The van der Waals surface area contributed by atoms with Gasteiger partial charge in [0.1, 0.15) is 11.8 Å². The number of aromatic nitrogens is 1. The Morgan fingerprint density at radius 3 is 2.80 bits per heavy atom. The Labute approximate surface area is 150 Å². The number of nitrogens with zero attached hydrogens (tertiary/aromatic N) is 2. The molecule has 2 aromatic rings. The van der Waals surface area contributed by atoms with Crippen molar-refractivity contribution >= 4 is 23.6 Å². The SMILES string of the molecule is COc1ccc(C(=O)N2CSCC2C(=O)NCc2cccnc2)cc1. The second-order valence-corrected chi connectivity index (χ2v) is 6.60. The Morgan fingerprint density at radius 1 is 1.32 bits per heavy atom. The molecule has 1 aromatic carbocycles. The molecule has 130 valence electrons. The molecule has 1 aromatic heterocycles. The molecule has 1 atom stereocenters. The van der Waals surface area contributed by atoms with Crippen molar-refractivity contribution in [2.45, 2.75) is 12.6 Å². The molecule has 0 spiro atoms. The number of amides is 2. The number of hydrogen-bond acceptors (Lipinski definition) is 5. The predicted octanol–water partition coefficient (Wildman–Crippen LogP) is 1.92. The number of methoxy groups -OCH3 is 1. The third-order valence-electron chi connectivity index (χ3n) is 3.97. The third-order valence-corrected chi connectivity index (χ3v) is 4.98. The number of carbonyl (C=O) groups excluding carboxylic acids is 2. The van der Waals surface area contributed by atoms with Crippen molar-refractivity contribution < 1.29 is 14.3 Å². The lowest BCUT2D eigenvalue weighted by Gasteiger charge is -2.23. The molecule has 1 saturated heterocycles. The van der Waals surface area contributed by atoms with E-state index in [4.69, 9.17) is 4.74 Å². The zero-order valence-electron chi connectivity index (χ0n) is 13.8. The van der Waals surface area contributed by atoms with Gasteiger partial charge in [0.15, 0.2) is 0 Å². The summed E-state index contributed by atoms with van der Waals surface area (Å²) in [5.41, 5.74) is 1.47. The van der Waals surface area contributed by atoms with Crippen molar-refractivity contribution in [1.82, 2.24) is 15.2 Å². The average molecular weight is 357 g/mol. The predicted molar refractivity (Wildman–Crippen MR) is 96.4 cm³/mol. The summed E-state index contributed by atoms with van der Waals surface area (Å²) in [5, 5.41) is 2.89. The minimum Gasteiger partial charge on any atom is -0.497 e. The lowest BCUT2D eigenvalue weighted by atomic mass is 10.1. The summed E-state index contributed by atoms with van der Waals surface area (Å²) in [4.78, 5) is 30.9. The molecule has 6 nitrogen and oxygen atoms in total. The number of pyridine rings is 1. The summed E-state index contributed by atoms with van der Waals surface area (Å²) >= 11 is 1.58. The van der Waals surface area contributed by atoms with Crippen molar-refractivity contribution in [3.63, 3.8) is 0 Å². The van der Waals surface area contributed by atoms with Gasteiger partial charge in [-0.15, -0.1) is 11.8 Å². The molecule has 0 aliphatic carbocycles. The maximum atomic E-state index is 12.7. The average Bonchev–Trinajstić information content (AvgIpc) is 3.16. The van der Waals surface area contributed by atoms with Gasteiger partial charge in [-0.2, -0.15) is 0 Å². The monoisotopic (exact) mass is 357 g/mol. The van der Waals surface area contributed by atoms with Crippen LogP contribution in [0, 0.1) is 0 Å². The van der Waals surface area contributed by atoms with Crippen molar-refractivity contribution in [2.75, 3.05) is 18.7 Å². The summed E-state index contributed by atoms with van der Waals surface area (Å²) in [6, 6.07) is 10.2. The molecule has 1 unspecified atom stereocenters. The zero-order chi connectivity index (χ0) is 17.6. The number of ether oxygens (including phenoxy) is 1. The number of carbonyl (C=O) groups is 2. The molecule has 3 rings (SSSR count). The topological polar surface area (TPSA) is 71.5 Å². The van der Waals surface area contributed by atoms with Crippen molar-refractivity contribution in [1.29, 1.82) is 0 Å². The molecule has 2 heterocycles. The molecule has 1 aliphatic heterocycles. The molecule has 1 fully saturated rings. The van der Waals surface area contributed by atoms with E-state index in [0.29, 0.717) is 29.5 Å². The van der Waals surface area contributed by atoms with Crippen LogP contribution in [0.4, 0.5) is 0 Å². The fourth-order valence-corrected chi connectivity index (χ4v) is 3.72. The van der Waals surface area contributed by atoms with Gasteiger partial charge in [0, 0.05) is 30.3 Å². The highest BCUT2D eigenvalue weighted by molar-refractivity contribution is 7.99. The van der Waals surface area contributed by atoms with Crippen LogP contribution in [0.2, 0.25) is 0 Å². The Kier molecular flexibility index (Phi) is 5.55. The Balaban J connectivity index is 1.64. The van der Waals surface area contributed by atoms with E-state index >= 15 is 0 Å². The maximum absolute atomic E-state index is 12.7. The summed E-state index contributed by atoms with van der Waals surface area (Å²) in [6.07, 6.45) is 3.40. The van der Waals surface area contributed by atoms with Crippen molar-refractivity contribution in [2.24, 2.45) is 0 Å². The molecule has 0 bridgehead atoms. The molecule has 25 heavy (non-hydrogen) atoms. The minimum absolute atomic E-state index is 0.143. The van der Waals surface area contributed by atoms with Gasteiger partial charge in [-0.1, -0.05) is 6.07 Å². The van der Waals surface area contributed by atoms with Crippen LogP contribution in [0.5, 0.6) is 5.75 Å². The number of nitrogens with one attached hydrogen (secondary N) is 1. The minimum atomic E-state index is -0.462. The first kappa shape index (κ1) is 17.3. The largest absolute Gasteiger partial charge is 0.497 e. The second-order valence-electron chi connectivity index (χ2n) is 5.60. The van der Waals surface area contributed by atoms with E-state index in [2.05, 4.69) is 10.3 Å². The highest BCUT2D eigenvalue weighted by atomic mass is 32.2. The smallest absolute Gasteiger partial charge is 0.255 e. The van der Waals surface area contributed by atoms with E-state index in [1.807, 2.05) is 12.1 Å². The molecule has 0 saturated carbocycles. The maximum Gasteiger partial charge on any atom is 0.255 e. The number of benzene rings is 1. The molecule has 1 N–H and O–H groups in total. The van der Waals surface area contributed by atoms with Crippen LogP contribution in [0.25, 0.3) is 0 Å². The number of thioether (sulfide) groups is 1. The first-order chi connectivity index (χ1) is 12.2. The van der Waals surface area contributed by atoms with Crippen molar-refractivity contribution in [3.05, 3.63) is 59.9 Å². The van der Waals surface area contributed by atoms with Gasteiger partial charge in [0.25, 0.3) is 5.91 Å². The Hall–Kier alpha value is -2.54. The van der Waals surface area contributed by atoms with Crippen LogP contribution in [0.15, 0.2) is 48.8 Å². The third kappa shape index (κ3) is 4.11. The summed E-state index contributed by atoms with van der Waals surface area (Å²) in [7, 11) is 1.58. The van der Waals surface area contributed by atoms with E-state index in [9.17, 15) is 9.59 Å². The van der Waals surface area contributed by atoms with Crippen molar-refractivity contribution in [3.8, 4) is 5.75 Å². The first-order valence-electron chi connectivity index (χ1n) is 7.88. The fraction of sp³-hybridized carbons (Fsp3) is 0.278. The number of rotatable bonds is 5. The van der Waals surface area contributed by atoms with Gasteiger partial charge in [0.05, 0.1) is 13.0 Å². The molecule has 7 heteroatoms. The summed E-state index contributed by atoms with van der Waals surface area (Å²) in [6.45, 7) is 0.401. The van der Waals surface area contributed by atoms with E-state index in [-0.39, 0.29) is 11.8 Å². The molecular weight excluding hydrogens is 338 g/mol. The zero-order valence-corrected chi connectivity index (χ0v) is 14.7. The second kappa shape index (κ2) is 8.02. The van der Waals surface area contributed by atoms with E-state index in [1.54, 1.807) is 60.4 Å². The van der Waals surface area contributed by atoms with Crippen LogP contribution in [-0.4, -0.2) is 46.5 Å². The van der Waals surface area contributed by atoms with Gasteiger partial charge >= 0.3 is 0 Å². The van der Waals surface area contributed by atoms with Crippen LogP contribution < -0.4 is 10.1 Å². The first-order valence-corrected chi connectivity index (χ1v) is 9.04. The van der Waals surface area contributed by atoms with Crippen LogP contribution in [0.3, 0.4) is 0 Å². The standard InChI is InChI=1S/C18H19N3O3S/c1-24-15-6-4-14(5-7-15)18(23)21-12-25-11-16(21)17(22)20-10-13-3-2-8-19-9-13/h2-9,16H,10-12H2,1H3,(H,20,22). The number of hydrogen-bond donors (Lipinski definition) is 1. The van der Waals surface area contributed by atoms with Crippen LogP contribution in [0.1, 0.15) is 15.9 Å². The Bertz CT molecular complexity index is 737. The molecule has 2 amide bonds. The van der Waals surface area contributed by atoms with Gasteiger partial charge in [-0.05, 0) is 35.9 Å². The van der Waals surface area contributed by atoms with Gasteiger partial charge in [-0.3, -0.25) is 14.6 Å². The van der Waals surface area contributed by atoms with Crippen LogP contribution in [-0.2, 0) is 11.3 Å². The highest BCUT2D eigenvalue weighted by Gasteiger charge is 2.34. The van der Waals surface area contributed by atoms with Gasteiger partial charge < -0.3 is 15.0 Å². The summed E-state index contributed by atoms with van der Waals surface area (Å²) in [5.74, 6) is 1.51. The van der Waals surface area contributed by atoms with Crippen LogP contribution >= 0.6 is 11.8 Å². The fourth-order valence-electron chi connectivity index (χ4n) is 2.57. The van der Waals surface area contributed by atoms with Gasteiger partial charge in [0.2, 0.25) is 5.91 Å². The van der Waals surface area contributed by atoms with Gasteiger partial charge in [-0.25, -0.2) is 0 Å². The lowest BCUT2D eigenvalue weighted by Crippen LogP contribution is -2.47. The lowest BCUT2D eigenvalue weighted by molar-refractivity contribution is -0.124. The molecule has 0 radical (unpaired) electrons. The normalized spacial score (nSPS) is 16.5. The summed E-state index contributed by atoms with van der Waals surface area (Å²) < 4.78 is 5.11. The van der Waals surface area contributed by atoms with E-state index in [1.165, 1.54) is 0 Å². The quantitative estimate of drug-likeness (QED) is 0.885. The van der Waals surface area contributed by atoms with E-state index in [0.717, 1.165) is 5.56 Å². The molecule has 1 aliphatic rings. The van der Waals surface area contributed by atoms with E-state index < -0.39 is 6.04 Å². The molecular formula is C18H19N3O3S.